The van der Waals surface area contributed by atoms with Crippen molar-refractivity contribution in [2.45, 2.75) is 208 Å². The third-order valence-corrected chi connectivity index (χ3v) is 29.4. The van der Waals surface area contributed by atoms with Gasteiger partial charge in [0.25, 0.3) is 11.5 Å². The minimum absolute atomic E-state index is 0.0269. The molecule has 1 saturated carbocycles. The number of nitrogens with two attached hydrogens (primary N) is 1. The molecule has 3 aromatic heterocycles. The summed E-state index contributed by atoms with van der Waals surface area (Å²) in [7, 11) is 0.852. The molecule has 4 fully saturated rings. The largest absolute Gasteiger partial charge is 0.467 e. The van der Waals surface area contributed by atoms with E-state index >= 15 is 4.79 Å². The van der Waals surface area contributed by atoms with Gasteiger partial charge in [-0.3, -0.25) is 34.0 Å². The lowest BCUT2D eigenvalue weighted by atomic mass is 9.47. The van der Waals surface area contributed by atoms with Gasteiger partial charge in [0.15, 0.2) is 19.5 Å². The van der Waals surface area contributed by atoms with Crippen LogP contribution >= 0.6 is 0 Å². The second kappa shape index (κ2) is 37.0. The van der Waals surface area contributed by atoms with Crippen LogP contribution in [0, 0.1) is 18.3 Å². The maximum Gasteiger partial charge on any atom is 0.373 e. The van der Waals surface area contributed by atoms with Gasteiger partial charge in [0.1, 0.15) is 11.6 Å². The highest BCUT2D eigenvalue weighted by Crippen LogP contribution is 2.68. The summed E-state index contributed by atoms with van der Waals surface area (Å²) >= 11 is 0. The third kappa shape index (κ3) is 17.8. The summed E-state index contributed by atoms with van der Waals surface area (Å²) in [5, 5.41) is 33.9. The summed E-state index contributed by atoms with van der Waals surface area (Å²) in [6.45, 7) is 16.4. The summed E-state index contributed by atoms with van der Waals surface area (Å²) in [6, 6.07) is 22.6. The van der Waals surface area contributed by atoms with E-state index in [1.54, 1.807) is 24.3 Å². The van der Waals surface area contributed by atoms with Gasteiger partial charge in [0.2, 0.25) is 11.5 Å². The minimum Gasteiger partial charge on any atom is -0.467 e. The molecule has 1 spiro atoms. The number of aliphatic hydroxyl groups is 2. The molecular weight excluding hydrogens is 1440 g/mol. The smallest absolute Gasteiger partial charge is 0.373 e. The summed E-state index contributed by atoms with van der Waals surface area (Å²) in [6.07, 6.45) is 18.7. The number of ether oxygens (including phenoxy) is 4. The number of fused-ring (bicyclic) bond motifs is 7. The zero-order valence-corrected chi connectivity index (χ0v) is 66.2. The third-order valence-electron chi connectivity index (χ3n) is 24.9. The molecule has 3 saturated heterocycles. The molecule has 10 atom stereocenters. The van der Waals surface area contributed by atoms with Crippen molar-refractivity contribution >= 4 is 83.5 Å². The van der Waals surface area contributed by atoms with E-state index in [0.717, 1.165) is 119 Å². The first-order valence-electron chi connectivity index (χ1n) is 39.8. The molecule has 3 aromatic carbocycles. The average Bonchev–Trinajstić information content (AvgIpc) is 1.47. The molecular formula is C83H111N11O16Si. The number of amides is 1. The predicted octanol–water partition coefficient (Wildman–Crippen LogP) is 8.90. The molecule has 2 bridgehead atoms. The van der Waals surface area contributed by atoms with Crippen molar-refractivity contribution in [3.63, 3.8) is 0 Å². The van der Waals surface area contributed by atoms with Crippen LogP contribution in [0.15, 0.2) is 83.8 Å². The maximum atomic E-state index is 15.4. The van der Waals surface area contributed by atoms with Crippen LogP contribution in [0.3, 0.4) is 0 Å². The molecule has 0 radical (unpaired) electrons. The highest BCUT2D eigenvalue weighted by Gasteiger charge is 2.80. The van der Waals surface area contributed by atoms with Crippen LogP contribution in [-0.2, 0) is 80.7 Å². The summed E-state index contributed by atoms with van der Waals surface area (Å²) < 4.78 is 31.2. The molecule has 6 aromatic rings. The van der Waals surface area contributed by atoms with Gasteiger partial charge in [0.05, 0.1) is 69.7 Å². The van der Waals surface area contributed by atoms with E-state index in [0.29, 0.717) is 128 Å². The molecule has 8 N–H and O–H groups in total. The van der Waals surface area contributed by atoms with Crippen molar-refractivity contribution in [2.24, 2.45) is 11.3 Å². The Morgan fingerprint density at radius 3 is 2.15 bits per heavy atom. The normalized spacial score (nSPS) is 26.0. The molecule has 27 nitrogen and oxygen atoms in total. The Hall–Kier alpha value is -8.50. The lowest BCUT2D eigenvalue weighted by molar-refractivity contribution is -0.214. The zero-order chi connectivity index (χ0) is 79.1. The van der Waals surface area contributed by atoms with E-state index in [2.05, 4.69) is 134 Å². The van der Waals surface area contributed by atoms with Crippen LogP contribution in [0.5, 0.6) is 0 Å². The molecule has 28 heteroatoms. The van der Waals surface area contributed by atoms with Gasteiger partial charge in [-0.25, -0.2) is 14.8 Å². The predicted molar refractivity (Wildman–Crippen MR) is 418 cm³/mol. The monoisotopic (exact) mass is 1550 g/mol. The van der Waals surface area contributed by atoms with Gasteiger partial charge < -0.3 is 59.8 Å². The van der Waals surface area contributed by atoms with E-state index < -0.39 is 59.4 Å². The number of Topliss-reactive ketones (excluding diaryl/α,β-unsaturated/α-hetero) is 2. The topological polar surface area (TPSA) is 370 Å². The maximum absolute atomic E-state index is 15.4. The molecule has 7 aliphatic rings. The van der Waals surface area contributed by atoms with Crippen molar-refractivity contribution in [3.8, 4) is 0 Å². The molecule has 598 valence electrons. The van der Waals surface area contributed by atoms with E-state index in [-0.39, 0.29) is 58.8 Å². The van der Waals surface area contributed by atoms with Gasteiger partial charge in [0, 0.05) is 134 Å². The Labute approximate surface area is 649 Å². The Balaban J connectivity index is 0.00000197. The quantitative estimate of drug-likeness (QED) is 0.00874. The number of esters is 1. The number of nitrogens with one attached hydrogen (secondary N) is 4. The number of carbonyl (C=O) groups is 4. The number of hydrogen-bond donors (Lipinski definition) is 7. The van der Waals surface area contributed by atoms with E-state index in [9.17, 15) is 29.4 Å². The number of unbranched alkanes of at least 4 members (excludes halogenated alkanes) is 1. The van der Waals surface area contributed by atoms with Crippen LogP contribution in [-0.4, -0.2) is 211 Å². The molecule has 9 heterocycles. The Kier molecular flexibility index (Phi) is 27.8. The second-order valence-electron chi connectivity index (χ2n) is 31.8. The minimum atomic E-state index is -2.67. The highest BCUT2D eigenvalue weighted by atomic mass is 28.4. The summed E-state index contributed by atoms with van der Waals surface area (Å²) in [5.74, 6) is -0.303. The number of aromatic amines is 2. The lowest BCUT2D eigenvalue weighted by Crippen LogP contribution is -2.82. The molecule has 13 rings (SSSR count). The second-order valence-corrected chi connectivity index (χ2v) is 35.9. The number of benzene rings is 3. The first-order chi connectivity index (χ1) is 53.5. The van der Waals surface area contributed by atoms with E-state index in [1.165, 1.54) is 46.6 Å². The number of ketones is 2. The molecule has 1 unspecified atom stereocenters. The van der Waals surface area contributed by atoms with Crippen LogP contribution in [0.2, 0.25) is 18.1 Å². The molecule has 6 aliphatic heterocycles. The fraction of sp³-hybridized carbons (Fsp3) is 0.590. The van der Waals surface area contributed by atoms with Crippen molar-refractivity contribution < 1.29 is 71.9 Å². The lowest BCUT2D eigenvalue weighted by Gasteiger charge is -2.65. The first-order valence-corrected chi connectivity index (χ1v) is 42.3. The average molecular weight is 1550 g/mol. The van der Waals surface area contributed by atoms with Crippen molar-refractivity contribution in [1.29, 1.82) is 0 Å². The van der Waals surface area contributed by atoms with Crippen LogP contribution < -0.4 is 26.8 Å². The number of carbonyl (C=O) groups excluding carboxylic acids is 8. The van der Waals surface area contributed by atoms with Crippen LogP contribution in [0.1, 0.15) is 174 Å². The summed E-state index contributed by atoms with van der Waals surface area (Å²) in [4.78, 5) is 125. The number of piperidine rings is 1. The van der Waals surface area contributed by atoms with Crippen LogP contribution in [0.25, 0.3) is 22.1 Å². The Morgan fingerprint density at radius 1 is 0.793 bits per heavy atom. The van der Waals surface area contributed by atoms with Gasteiger partial charge >= 0.3 is 18.3 Å². The molecule has 1 aliphatic carbocycles. The highest BCUT2D eigenvalue weighted by molar-refractivity contribution is 6.74. The van der Waals surface area contributed by atoms with Crippen molar-refractivity contribution in [3.05, 3.63) is 129 Å². The SMILES string of the molecule is CC[C@]1(O)C[C@@H]2CN(CCc3c([nH]c4ccccc34)[C@@](C)(c3cc4c(cc3C)N(C)[C@H]3[C@@](O)(C(=O)OC)[C@H](O[Si]5(CCCCC(=O)CCCOCCOCCOCCCC(=O)CCCNC(=O)c6ccc(NCc7cnc8nc(N)[nH]c(=O)c8n7)cc6)CCCCC5)[C@]5(CC)C=CCN6CC[C@]43[C@@H]65)C2)C1.O=C=O.O=C=O. The number of H-pyrrole nitrogens is 2. The fourth-order valence-electron chi connectivity index (χ4n) is 20.1. The van der Waals surface area contributed by atoms with Crippen molar-refractivity contribution in [1.82, 2.24) is 40.0 Å². The number of para-hydroxylation sites is 1. The number of methoxy groups -OCH3 is 1. The Bertz CT molecular complexity index is 4410. The number of likely N-dealkylation sites (N-methyl/N-ethyl adjacent to an activating group) is 1. The summed E-state index contributed by atoms with van der Waals surface area (Å²) in [5.41, 5.74) is 10.9. The Morgan fingerprint density at radius 2 is 1.47 bits per heavy atom. The number of aryl methyl sites for hydroxylation is 1. The number of rotatable bonds is 33. The van der Waals surface area contributed by atoms with Gasteiger partial charge in [-0.2, -0.15) is 24.2 Å². The standard InChI is InChI=1S/C81H111N11O12Si.2CO2/c1-7-78(98)49-55-48-77(4,68-62(30-35-91(52-55)53-78)61-24-10-11-25-65(61)87-68)63-47-64-66(46-54(63)3)90(5)73-80(64)32-36-92-34-19-31-79(8-2,72(80)92)74(81(73,99)75(97)100-6)104-105(43-13-9-14-44-105)45-15-12-20-59(93)22-17-37-101-39-41-103-42-40-102-38-18-23-60(94)21-16-33-83-70(95)56-26-28-57(29-27-56)84-50-58-51-85-69-67(86-58)71(96)89-76(82)88-69;2*2-1-3/h10-11,19,24-29,31,46-47,51,55,72-74,84,87,98-99H,7-9,12-18,20-23,30,32-45,48-50,52-53H2,1-6H3,(H,83,95)(H3,82,85,88,89,96);;/t55-,72+,73-,74-,77-,78+,79-,80-,81+;;/m1../s1. The number of nitrogens with zero attached hydrogens (tertiary/aromatic N) is 6. The number of nitrogen functional groups attached to an aromatic ring is 1. The van der Waals surface area contributed by atoms with E-state index in [4.69, 9.17) is 48.3 Å². The number of aromatic nitrogens is 5. The molecule has 111 heavy (non-hydrogen) atoms. The van der Waals surface area contributed by atoms with Crippen LogP contribution in [0.4, 0.5) is 17.3 Å². The number of anilines is 3. The van der Waals surface area contributed by atoms with Gasteiger partial charge in [-0.05, 0) is 167 Å². The van der Waals surface area contributed by atoms with Crippen molar-refractivity contribution in [2.75, 3.05) is 109 Å². The first kappa shape index (κ1) is 83.4. The van der Waals surface area contributed by atoms with Gasteiger partial charge in [-0.1, -0.05) is 75.9 Å². The fourth-order valence-corrected chi connectivity index (χ4v) is 24.8. The molecule has 1 amide bonds. The number of hydrogen-bond acceptors (Lipinski definition) is 24. The van der Waals surface area contributed by atoms with E-state index in [1.807, 2.05) is 0 Å². The van der Waals surface area contributed by atoms with Gasteiger partial charge in [-0.15, -0.1) is 0 Å². The zero-order valence-electron chi connectivity index (χ0n) is 65.2.